The van der Waals surface area contributed by atoms with Gasteiger partial charge in [-0.2, -0.15) is 5.10 Å². The number of para-hydroxylation sites is 1. The highest BCUT2D eigenvalue weighted by atomic mass is 32.2. The molecule has 0 aliphatic carbocycles. The average Bonchev–Trinajstić information content (AvgIpc) is 3.47. The molecule has 1 aliphatic rings. The molecule has 1 aliphatic heterocycles. The van der Waals surface area contributed by atoms with Crippen LogP contribution in [0.3, 0.4) is 0 Å². The first-order valence-electron chi connectivity index (χ1n) is 9.44. The molecule has 8 nitrogen and oxygen atoms in total. The standard InChI is InChI=1S/C20H20N4O4S3/c25-20(22-21-14-15-7-8-18(30-15)24-9-11-28-12-10-24)16-4-1-2-5-17(16)23-31(26,27)19-6-3-13-29-19/h1-8,13-14,23H,9-12H2,(H,22,25)/b21-14-. The van der Waals surface area contributed by atoms with Crippen molar-refractivity contribution in [2.45, 2.75) is 4.21 Å². The van der Waals surface area contributed by atoms with Gasteiger partial charge < -0.3 is 9.64 Å². The minimum Gasteiger partial charge on any atom is -0.378 e. The van der Waals surface area contributed by atoms with Crippen LogP contribution in [0.1, 0.15) is 15.2 Å². The third-order valence-electron chi connectivity index (χ3n) is 4.47. The summed E-state index contributed by atoms with van der Waals surface area (Å²) in [6, 6.07) is 13.5. The predicted molar refractivity (Wildman–Crippen MR) is 124 cm³/mol. The molecule has 31 heavy (non-hydrogen) atoms. The van der Waals surface area contributed by atoms with Gasteiger partial charge in [0.15, 0.2) is 0 Å². The van der Waals surface area contributed by atoms with Crippen LogP contribution in [0.5, 0.6) is 0 Å². The maximum absolute atomic E-state index is 12.6. The summed E-state index contributed by atoms with van der Waals surface area (Å²) in [5.74, 6) is -0.509. The van der Waals surface area contributed by atoms with E-state index in [-0.39, 0.29) is 15.5 Å². The summed E-state index contributed by atoms with van der Waals surface area (Å²) in [5, 5.41) is 6.84. The number of hydrogen-bond donors (Lipinski definition) is 2. The Morgan fingerprint density at radius 1 is 1.10 bits per heavy atom. The molecule has 0 spiro atoms. The number of hydrazone groups is 1. The van der Waals surface area contributed by atoms with Gasteiger partial charge in [0.05, 0.1) is 35.7 Å². The molecule has 1 fully saturated rings. The smallest absolute Gasteiger partial charge is 0.273 e. The van der Waals surface area contributed by atoms with Crippen LogP contribution in [0, 0.1) is 0 Å². The maximum atomic E-state index is 12.6. The second kappa shape index (κ2) is 9.60. The van der Waals surface area contributed by atoms with E-state index in [2.05, 4.69) is 20.1 Å². The fourth-order valence-electron chi connectivity index (χ4n) is 2.96. The molecular formula is C20H20N4O4S3. The van der Waals surface area contributed by atoms with Crippen LogP contribution in [-0.4, -0.2) is 46.8 Å². The maximum Gasteiger partial charge on any atom is 0.273 e. The van der Waals surface area contributed by atoms with Crippen molar-refractivity contribution in [3.63, 3.8) is 0 Å². The zero-order chi connectivity index (χ0) is 21.7. The summed E-state index contributed by atoms with van der Waals surface area (Å²) < 4.78 is 33.0. The van der Waals surface area contributed by atoms with Crippen molar-refractivity contribution in [2.75, 3.05) is 35.9 Å². The fraction of sp³-hybridized carbons (Fsp3) is 0.200. The number of carbonyl (C=O) groups excluding carboxylic acids is 1. The molecule has 0 saturated carbocycles. The first kappa shape index (κ1) is 21.5. The lowest BCUT2D eigenvalue weighted by molar-refractivity contribution is 0.0956. The van der Waals surface area contributed by atoms with Gasteiger partial charge in [0, 0.05) is 18.0 Å². The number of amides is 1. The SMILES string of the molecule is O=C(N/N=C\c1ccc(N2CCOCC2)s1)c1ccccc1NS(=O)(=O)c1cccs1. The van der Waals surface area contributed by atoms with Crippen molar-refractivity contribution in [3.05, 3.63) is 64.4 Å². The minimum atomic E-state index is -3.76. The number of sulfonamides is 1. The van der Waals surface area contributed by atoms with Crippen LogP contribution < -0.4 is 15.0 Å². The quantitative estimate of drug-likeness (QED) is 0.403. The lowest BCUT2D eigenvalue weighted by atomic mass is 10.2. The zero-order valence-corrected chi connectivity index (χ0v) is 18.8. The monoisotopic (exact) mass is 476 g/mol. The molecule has 3 heterocycles. The van der Waals surface area contributed by atoms with Crippen LogP contribution in [0.2, 0.25) is 0 Å². The average molecular weight is 477 g/mol. The van der Waals surface area contributed by atoms with Crippen molar-refractivity contribution in [1.82, 2.24) is 5.43 Å². The lowest BCUT2D eigenvalue weighted by Crippen LogP contribution is -2.35. The molecule has 0 bridgehead atoms. The molecule has 0 atom stereocenters. The molecule has 4 rings (SSSR count). The van der Waals surface area contributed by atoms with E-state index in [1.807, 2.05) is 12.1 Å². The van der Waals surface area contributed by atoms with Gasteiger partial charge in [-0.1, -0.05) is 18.2 Å². The molecule has 3 aromatic rings. The van der Waals surface area contributed by atoms with Crippen molar-refractivity contribution in [3.8, 4) is 0 Å². The third kappa shape index (κ3) is 5.31. The molecule has 0 unspecified atom stereocenters. The summed E-state index contributed by atoms with van der Waals surface area (Å²) in [4.78, 5) is 15.8. The van der Waals surface area contributed by atoms with Gasteiger partial charge in [-0.05, 0) is 35.7 Å². The first-order chi connectivity index (χ1) is 15.0. The van der Waals surface area contributed by atoms with E-state index in [1.165, 1.54) is 12.1 Å². The highest BCUT2D eigenvalue weighted by molar-refractivity contribution is 7.94. The number of benzene rings is 1. The van der Waals surface area contributed by atoms with Crippen LogP contribution in [0.15, 0.2) is 63.2 Å². The predicted octanol–water partition coefficient (Wildman–Crippen LogP) is 3.21. The number of thiophene rings is 2. The van der Waals surface area contributed by atoms with Crippen molar-refractivity contribution in [2.24, 2.45) is 5.10 Å². The molecule has 11 heteroatoms. The van der Waals surface area contributed by atoms with Gasteiger partial charge in [0.25, 0.3) is 15.9 Å². The molecule has 2 aromatic heterocycles. The largest absolute Gasteiger partial charge is 0.378 e. The summed E-state index contributed by atoms with van der Waals surface area (Å²) in [6.45, 7) is 3.14. The number of carbonyl (C=O) groups is 1. The molecule has 2 N–H and O–H groups in total. The Bertz CT molecular complexity index is 1170. The summed E-state index contributed by atoms with van der Waals surface area (Å²) in [6.07, 6.45) is 1.57. The van der Waals surface area contributed by atoms with Crippen molar-refractivity contribution >= 4 is 55.5 Å². The van der Waals surface area contributed by atoms with Gasteiger partial charge in [-0.15, -0.1) is 22.7 Å². The van der Waals surface area contributed by atoms with Gasteiger partial charge in [0.1, 0.15) is 4.21 Å². The van der Waals surface area contributed by atoms with Gasteiger partial charge >= 0.3 is 0 Å². The number of rotatable bonds is 7. The van der Waals surface area contributed by atoms with E-state index in [0.29, 0.717) is 13.2 Å². The molecule has 1 amide bonds. The summed E-state index contributed by atoms with van der Waals surface area (Å²) in [7, 11) is -3.76. The summed E-state index contributed by atoms with van der Waals surface area (Å²) >= 11 is 2.68. The number of hydrogen-bond acceptors (Lipinski definition) is 8. The Hall–Kier alpha value is -2.73. The van der Waals surface area contributed by atoms with Crippen LogP contribution in [-0.2, 0) is 14.8 Å². The van der Waals surface area contributed by atoms with E-state index in [0.717, 1.165) is 34.3 Å². The normalized spacial score (nSPS) is 14.6. The van der Waals surface area contributed by atoms with Crippen LogP contribution in [0.4, 0.5) is 10.7 Å². The summed E-state index contributed by atoms with van der Waals surface area (Å²) in [5.41, 5.74) is 2.84. The number of ether oxygens (including phenoxy) is 1. The number of anilines is 2. The molecule has 162 valence electrons. The third-order valence-corrected chi connectivity index (χ3v) is 8.31. The highest BCUT2D eigenvalue weighted by Gasteiger charge is 2.19. The number of nitrogens with one attached hydrogen (secondary N) is 2. The number of nitrogens with zero attached hydrogens (tertiary/aromatic N) is 2. The van der Waals surface area contributed by atoms with Gasteiger partial charge in [0.2, 0.25) is 0 Å². The van der Waals surface area contributed by atoms with Crippen LogP contribution >= 0.6 is 22.7 Å². The second-order valence-electron chi connectivity index (χ2n) is 6.56. The Balaban J connectivity index is 1.42. The first-order valence-corrected chi connectivity index (χ1v) is 12.6. The fourth-order valence-corrected chi connectivity index (χ4v) is 5.96. The Kier molecular flexibility index (Phi) is 6.66. The van der Waals surface area contributed by atoms with E-state index in [1.54, 1.807) is 47.2 Å². The van der Waals surface area contributed by atoms with E-state index in [4.69, 9.17) is 4.74 Å². The number of morpholine rings is 1. The van der Waals surface area contributed by atoms with Gasteiger partial charge in [-0.3, -0.25) is 9.52 Å². The molecule has 0 radical (unpaired) electrons. The highest BCUT2D eigenvalue weighted by Crippen LogP contribution is 2.26. The van der Waals surface area contributed by atoms with Crippen molar-refractivity contribution in [1.29, 1.82) is 0 Å². The van der Waals surface area contributed by atoms with E-state index < -0.39 is 15.9 Å². The Labute approximate surface area is 188 Å². The molecular weight excluding hydrogens is 456 g/mol. The molecule has 1 saturated heterocycles. The lowest BCUT2D eigenvalue weighted by Gasteiger charge is -2.27. The minimum absolute atomic E-state index is 0.175. The Morgan fingerprint density at radius 2 is 1.90 bits per heavy atom. The zero-order valence-electron chi connectivity index (χ0n) is 16.4. The second-order valence-corrected chi connectivity index (χ2v) is 10.5. The van der Waals surface area contributed by atoms with E-state index >= 15 is 0 Å². The molecule has 1 aromatic carbocycles. The van der Waals surface area contributed by atoms with Crippen LogP contribution in [0.25, 0.3) is 0 Å². The van der Waals surface area contributed by atoms with Crippen molar-refractivity contribution < 1.29 is 17.9 Å². The Morgan fingerprint density at radius 3 is 2.68 bits per heavy atom. The van der Waals surface area contributed by atoms with E-state index in [9.17, 15) is 13.2 Å². The topological polar surface area (TPSA) is 100 Å². The van der Waals surface area contributed by atoms with Gasteiger partial charge in [-0.25, -0.2) is 13.8 Å².